The van der Waals surface area contributed by atoms with Crippen LogP contribution in [0.15, 0.2) is 24.4 Å². The lowest BCUT2D eigenvalue weighted by molar-refractivity contribution is -0.0644. The minimum Gasteiger partial charge on any atom is -0.478 e. The van der Waals surface area contributed by atoms with Crippen molar-refractivity contribution in [1.82, 2.24) is 14.8 Å². The fourth-order valence-corrected chi connectivity index (χ4v) is 3.84. The molecule has 0 bridgehead atoms. The van der Waals surface area contributed by atoms with Crippen molar-refractivity contribution in [3.63, 3.8) is 0 Å². The van der Waals surface area contributed by atoms with E-state index in [2.05, 4.69) is 4.98 Å². The van der Waals surface area contributed by atoms with Crippen LogP contribution in [0.5, 0.6) is 5.88 Å². The summed E-state index contributed by atoms with van der Waals surface area (Å²) in [5.41, 5.74) is -0.0728. The fraction of sp³-hybridized carbons (Fsp3) is 0.667. The molecule has 1 spiro atoms. The summed E-state index contributed by atoms with van der Waals surface area (Å²) in [7, 11) is 3.60. The number of rotatable bonds is 4. The molecule has 0 aliphatic carbocycles. The van der Waals surface area contributed by atoms with Crippen molar-refractivity contribution in [3.8, 4) is 5.88 Å². The molecule has 6 heteroatoms. The van der Waals surface area contributed by atoms with Gasteiger partial charge in [0, 0.05) is 46.1 Å². The van der Waals surface area contributed by atoms with Gasteiger partial charge in [0.25, 0.3) is 0 Å². The van der Waals surface area contributed by atoms with E-state index < -0.39 is 0 Å². The highest BCUT2D eigenvalue weighted by molar-refractivity contribution is 5.73. The zero-order valence-corrected chi connectivity index (χ0v) is 14.6. The summed E-state index contributed by atoms with van der Waals surface area (Å²) < 4.78 is 11.9. The van der Waals surface area contributed by atoms with Crippen LogP contribution in [0.3, 0.4) is 0 Å². The Labute approximate surface area is 143 Å². The third kappa shape index (κ3) is 3.64. The summed E-state index contributed by atoms with van der Waals surface area (Å²) in [6.07, 6.45) is 5.63. The first-order valence-electron chi connectivity index (χ1n) is 8.75. The molecule has 2 amide bonds. The van der Waals surface area contributed by atoms with E-state index in [1.165, 1.54) is 0 Å². The van der Waals surface area contributed by atoms with Crippen LogP contribution < -0.4 is 4.74 Å². The van der Waals surface area contributed by atoms with Gasteiger partial charge in [-0.25, -0.2) is 9.78 Å². The Morgan fingerprint density at radius 3 is 2.88 bits per heavy atom. The minimum absolute atomic E-state index is 0.0728. The maximum atomic E-state index is 12.1. The van der Waals surface area contributed by atoms with Crippen molar-refractivity contribution in [3.05, 3.63) is 24.4 Å². The number of carbonyl (C=O) groups is 1. The Morgan fingerprint density at radius 2 is 2.21 bits per heavy atom. The number of likely N-dealkylation sites (tertiary alicyclic amines) is 1. The standard InChI is InChI=1S/C18H27N3O3/c1-20(2)17(22)21-11-8-18(9-12-21)15(7-14-24-18)6-13-23-16-5-3-4-10-19-16/h3-5,10,15H,6-9,11-14H2,1-2H3. The molecule has 0 saturated carbocycles. The quantitative estimate of drug-likeness (QED) is 0.849. The molecule has 2 aliphatic rings. The lowest BCUT2D eigenvalue weighted by Crippen LogP contribution is -2.51. The van der Waals surface area contributed by atoms with Crippen molar-refractivity contribution < 1.29 is 14.3 Å². The molecule has 0 radical (unpaired) electrons. The summed E-state index contributed by atoms with van der Waals surface area (Å²) in [5.74, 6) is 1.18. The Hall–Kier alpha value is -1.82. The molecular weight excluding hydrogens is 306 g/mol. The largest absolute Gasteiger partial charge is 0.478 e. The first-order chi connectivity index (χ1) is 11.6. The van der Waals surface area contributed by atoms with Crippen LogP contribution in [-0.2, 0) is 4.74 Å². The van der Waals surface area contributed by atoms with Gasteiger partial charge < -0.3 is 19.3 Å². The van der Waals surface area contributed by atoms with E-state index in [1.807, 2.05) is 23.1 Å². The molecule has 2 aliphatic heterocycles. The molecule has 2 saturated heterocycles. The van der Waals surface area contributed by atoms with Gasteiger partial charge in [-0.3, -0.25) is 0 Å². The maximum absolute atomic E-state index is 12.1. The average molecular weight is 333 g/mol. The van der Waals surface area contributed by atoms with Crippen molar-refractivity contribution in [2.45, 2.75) is 31.3 Å². The van der Waals surface area contributed by atoms with E-state index >= 15 is 0 Å². The second-order valence-electron chi connectivity index (χ2n) is 6.87. The Morgan fingerprint density at radius 1 is 1.42 bits per heavy atom. The number of urea groups is 1. The predicted molar refractivity (Wildman–Crippen MR) is 91.0 cm³/mol. The number of hydrogen-bond acceptors (Lipinski definition) is 4. The molecule has 24 heavy (non-hydrogen) atoms. The first kappa shape index (κ1) is 17.0. The lowest BCUT2D eigenvalue weighted by atomic mass is 9.78. The predicted octanol–water partition coefficient (Wildman–Crippen LogP) is 2.40. The molecule has 1 unspecified atom stereocenters. The number of pyridine rings is 1. The van der Waals surface area contributed by atoms with Crippen molar-refractivity contribution >= 4 is 6.03 Å². The van der Waals surface area contributed by atoms with Crippen LogP contribution in [0.1, 0.15) is 25.7 Å². The molecule has 6 nitrogen and oxygen atoms in total. The summed E-state index contributed by atoms with van der Waals surface area (Å²) in [6, 6.07) is 5.79. The van der Waals surface area contributed by atoms with Crippen LogP contribution >= 0.6 is 0 Å². The number of hydrogen-bond donors (Lipinski definition) is 0. The van der Waals surface area contributed by atoms with E-state index in [4.69, 9.17) is 9.47 Å². The molecule has 1 aromatic heterocycles. The smallest absolute Gasteiger partial charge is 0.319 e. The first-order valence-corrected chi connectivity index (χ1v) is 8.75. The Bertz CT molecular complexity index is 542. The Kier molecular flexibility index (Phi) is 5.23. The van der Waals surface area contributed by atoms with Gasteiger partial charge >= 0.3 is 6.03 Å². The molecule has 0 N–H and O–H groups in total. The highest BCUT2D eigenvalue weighted by Gasteiger charge is 2.46. The average Bonchev–Trinajstić information content (AvgIpc) is 2.98. The number of nitrogens with zero attached hydrogens (tertiary/aromatic N) is 3. The maximum Gasteiger partial charge on any atom is 0.319 e. The van der Waals surface area contributed by atoms with Crippen LogP contribution in [0.2, 0.25) is 0 Å². The molecule has 132 valence electrons. The van der Waals surface area contributed by atoms with E-state index in [-0.39, 0.29) is 11.6 Å². The third-order valence-electron chi connectivity index (χ3n) is 5.22. The van der Waals surface area contributed by atoms with E-state index in [9.17, 15) is 4.79 Å². The number of ether oxygens (including phenoxy) is 2. The Balaban J connectivity index is 1.51. The van der Waals surface area contributed by atoms with Crippen LogP contribution in [0, 0.1) is 5.92 Å². The van der Waals surface area contributed by atoms with Crippen molar-refractivity contribution in [1.29, 1.82) is 0 Å². The molecular formula is C18H27N3O3. The lowest BCUT2D eigenvalue weighted by Gasteiger charge is -2.42. The van der Waals surface area contributed by atoms with Crippen LogP contribution in [0.25, 0.3) is 0 Å². The second kappa shape index (κ2) is 7.38. The number of amides is 2. The topological polar surface area (TPSA) is 54.9 Å². The zero-order valence-electron chi connectivity index (χ0n) is 14.6. The number of aromatic nitrogens is 1. The SMILES string of the molecule is CN(C)C(=O)N1CCC2(CC1)OCCC2CCOc1ccccn1. The summed E-state index contributed by atoms with van der Waals surface area (Å²) >= 11 is 0. The van der Waals surface area contributed by atoms with Crippen molar-refractivity contribution in [2.24, 2.45) is 5.92 Å². The number of carbonyl (C=O) groups excluding carboxylic acids is 1. The van der Waals surface area contributed by atoms with E-state index in [0.29, 0.717) is 18.4 Å². The van der Waals surface area contributed by atoms with E-state index in [0.717, 1.165) is 45.4 Å². The zero-order chi connectivity index (χ0) is 17.0. The third-order valence-corrected chi connectivity index (χ3v) is 5.22. The fourth-order valence-electron chi connectivity index (χ4n) is 3.84. The highest BCUT2D eigenvalue weighted by Crippen LogP contribution is 2.42. The molecule has 1 aromatic rings. The van der Waals surface area contributed by atoms with E-state index in [1.54, 1.807) is 25.2 Å². The highest BCUT2D eigenvalue weighted by atomic mass is 16.5. The second-order valence-corrected chi connectivity index (χ2v) is 6.87. The minimum atomic E-state index is -0.0728. The van der Waals surface area contributed by atoms with Gasteiger partial charge in [0.1, 0.15) is 0 Å². The molecule has 0 aromatic carbocycles. The van der Waals surface area contributed by atoms with Gasteiger partial charge in [0.05, 0.1) is 12.2 Å². The van der Waals surface area contributed by atoms with Gasteiger partial charge in [-0.05, 0) is 37.7 Å². The summed E-state index contributed by atoms with van der Waals surface area (Å²) in [4.78, 5) is 19.9. The van der Waals surface area contributed by atoms with Gasteiger partial charge in [0.15, 0.2) is 0 Å². The molecule has 1 atom stereocenters. The monoisotopic (exact) mass is 333 g/mol. The normalized spacial score (nSPS) is 22.6. The molecule has 3 rings (SSSR count). The van der Waals surface area contributed by atoms with Gasteiger partial charge in [0.2, 0.25) is 5.88 Å². The molecule has 2 fully saturated rings. The number of piperidine rings is 1. The summed E-state index contributed by atoms with van der Waals surface area (Å²) in [6.45, 7) is 3.02. The summed E-state index contributed by atoms with van der Waals surface area (Å²) in [5, 5.41) is 0. The van der Waals surface area contributed by atoms with Gasteiger partial charge in [-0.15, -0.1) is 0 Å². The molecule has 3 heterocycles. The van der Waals surface area contributed by atoms with Crippen LogP contribution in [-0.4, -0.2) is 66.8 Å². The van der Waals surface area contributed by atoms with Gasteiger partial charge in [-0.2, -0.15) is 0 Å². The van der Waals surface area contributed by atoms with Gasteiger partial charge in [-0.1, -0.05) is 6.07 Å². The van der Waals surface area contributed by atoms with Crippen LogP contribution in [0.4, 0.5) is 4.79 Å². The van der Waals surface area contributed by atoms with Crippen molar-refractivity contribution in [2.75, 3.05) is 40.4 Å².